The minimum absolute atomic E-state index is 0.0482. The van der Waals surface area contributed by atoms with Crippen molar-refractivity contribution >= 4 is 0 Å². The van der Waals surface area contributed by atoms with Crippen LogP contribution in [0.15, 0.2) is 49.4 Å². The number of imidazole rings is 1. The van der Waals surface area contributed by atoms with Crippen LogP contribution in [0.4, 0.5) is 0 Å². The number of allylic oxidation sites excluding steroid dienone is 5. The van der Waals surface area contributed by atoms with Crippen LogP contribution >= 0.6 is 0 Å². The van der Waals surface area contributed by atoms with E-state index in [-0.39, 0.29) is 5.41 Å². The Morgan fingerprint density at radius 2 is 2.50 bits per heavy atom. The zero-order chi connectivity index (χ0) is 9.86. The smallest absolute Gasteiger partial charge is 0.107 e. The molecule has 1 aliphatic rings. The molecule has 2 heteroatoms. The lowest BCUT2D eigenvalue weighted by molar-refractivity contribution is 0.481. The molecule has 0 fully saturated rings. The highest BCUT2D eigenvalue weighted by molar-refractivity contribution is 5.23. The zero-order valence-corrected chi connectivity index (χ0v) is 8.11. The second kappa shape index (κ2) is 3.66. The van der Waals surface area contributed by atoms with Gasteiger partial charge in [0, 0.05) is 24.2 Å². The number of nitrogens with zero attached hydrogens (tertiary/aromatic N) is 1. The maximum atomic E-state index is 4.24. The van der Waals surface area contributed by atoms with Gasteiger partial charge in [-0.15, -0.1) is 6.58 Å². The Hall–Kier alpha value is -1.57. The second-order valence-electron chi connectivity index (χ2n) is 3.64. The summed E-state index contributed by atoms with van der Waals surface area (Å²) < 4.78 is 0. The monoisotopic (exact) mass is 186 g/mol. The van der Waals surface area contributed by atoms with E-state index in [1.807, 2.05) is 12.3 Å². The Kier molecular flexibility index (Phi) is 2.35. The zero-order valence-electron chi connectivity index (χ0n) is 8.11. The fraction of sp³-hybridized carbons (Fsp3) is 0.250. The van der Waals surface area contributed by atoms with Crippen molar-refractivity contribution in [2.45, 2.75) is 12.8 Å². The molecule has 72 valence electrons. The Morgan fingerprint density at radius 1 is 1.57 bits per heavy atom. The highest BCUT2D eigenvalue weighted by Crippen LogP contribution is 2.32. The number of H-pyrrole nitrogens is 1. The number of aromatic amines is 1. The van der Waals surface area contributed by atoms with E-state index in [9.17, 15) is 0 Å². The first-order valence-electron chi connectivity index (χ1n) is 4.81. The molecule has 1 aliphatic carbocycles. The van der Waals surface area contributed by atoms with Crippen LogP contribution in [-0.4, -0.2) is 9.97 Å². The molecular formula is C12H14N2. The number of aromatic nitrogens is 2. The molecule has 2 nitrogen and oxygen atoms in total. The highest BCUT2D eigenvalue weighted by Gasteiger charge is 2.24. The van der Waals surface area contributed by atoms with Gasteiger partial charge < -0.3 is 4.98 Å². The summed E-state index contributed by atoms with van der Waals surface area (Å²) in [7, 11) is 0. The molecule has 0 bridgehead atoms. The molecule has 0 amide bonds. The first-order valence-corrected chi connectivity index (χ1v) is 4.81. The maximum absolute atomic E-state index is 4.24. The van der Waals surface area contributed by atoms with Crippen molar-refractivity contribution in [3.8, 4) is 0 Å². The van der Waals surface area contributed by atoms with E-state index in [2.05, 4.69) is 40.9 Å². The molecule has 1 atom stereocenters. The Bertz CT molecular complexity index is 360. The average molecular weight is 186 g/mol. The fourth-order valence-corrected chi connectivity index (χ4v) is 1.74. The summed E-state index contributed by atoms with van der Waals surface area (Å²) in [4.78, 5) is 7.37. The predicted molar refractivity (Wildman–Crippen MR) is 57.8 cm³/mol. The summed E-state index contributed by atoms with van der Waals surface area (Å²) in [6.45, 7) is 3.91. The van der Waals surface area contributed by atoms with E-state index < -0.39 is 0 Å². The van der Waals surface area contributed by atoms with Crippen molar-refractivity contribution in [1.82, 2.24) is 9.97 Å². The average Bonchev–Trinajstić information content (AvgIpc) is 2.72. The Morgan fingerprint density at radius 3 is 3.07 bits per heavy atom. The van der Waals surface area contributed by atoms with Crippen LogP contribution in [0, 0.1) is 5.41 Å². The van der Waals surface area contributed by atoms with Gasteiger partial charge in [-0.1, -0.05) is 30.4 Å². The lowest BCUT2D eigenvalue weighted by atomic mass is 9.78. The molecule has 1 N–H and O–H groups in total. The van der Waals surface area contributed by atoms with E-state index in [1.54, 1.807) is 6.20 Å². The molecule has 1 aromatic heterocycles. The van der Waals surface area contributed by atoms with E-state index in [0.29, 0.717) is 0 Å². The summed E-state index contributed by atoms with van der Waals surface area (Å²) >= 11 is 0. The normalized spacial score (nSPS) is 25.1. The van der Waals surface area contributed by atoms with Crippen LogP contribution < -0.4 is 0 Å². The quantitative estimate of drug-likeness (QED) is 0.722. The summed E-state index contributed by atoms with van der Waals surface area (Å²) in [6, 6.07) is 0. The minimum atomic E-state index is 0.0482. The topological polar surface area (TPSA) is 28.7 Å². The summed E-state index contributed by atoms with van der Waals surface area (Å²) in [5.41, 5.74) is 0.0482. The first-order chi connectivity index (χ1) is 6.85. The molecule has 1 aromatic rings. The lowest BCUT2D eigenvalue weighted by Gasteiger charge is -2.26. The summed E-state index contributed by atoms with van der Waals surface area (Å²) in [6.07, 6.45) is 16.1. The van der Waals surface area contributed by atoms with Crippen molar-refractivity contribution in [2.24, 2.45) is 5.41 Å². The van der Waals surface area contributed by atoms with Gasteiger partial charge in [0.25, 0.3) is 0 Å². The lowest BCUT2D eigenvalue weighted by Crippen LogP contribution is -2.19. The number of nitrogens with one attached hydrogen (secondary N) is 1. The van der Waals surface area contributed by atoms with Crippen LogP contribution in [0.5, 0.6) is 0 Å². The van der Waals surface area contributed by atoms with Crippen molar-refractivity contribution in [3.05, 3.63) is 55.2 Å². The number of rotatable bonds is 3. The summed E-state index contributed by atoms with van der Waals surface area (Å²) in [5, 5.41) is 0. The Labute approximate surface area is 84.1 Å². The molecular weight excluding hydrogens is 172 g/mol. The molecule has 1 heterocycles. The maximum Gasteiger partial charge on any atom is 0.107 e. The number of hydrogen-bond donors (Lipinski definition) is 1. The molecule has 0 saturated carbocycles. The van der Waals surface area contributed by atoms with Gasteiger partial charge in [0.1, 0.15) is 5.82 Å². The molecule has 0 aromatic carbocycles. The van der Waals surface area contributed by atoms with Gasteiger partial charge in [0.2, 0.25) is 0 Å². The van der Waals surface area contributed by atoms with Crippen LogP contribution in [0.25, 0.3) is 0 Å². The van der Waals surface area contributed by atoms with Crippen LogP contribution in [0.1, 0.15) is 12.2 Å². The van der Waals surface area contributed by atoms with Gasteiger partial charge in [-0.05, 0) is 6.42 Å². The molecule has 2 rings (SSSR count). The molecule has 0 spiro atoms. The SMILES string of the molecule is C=CC1(Cc2ncc[nH]2)C=CC=CC1. The highest BCUT2D eigenvalue weighted by atomic mass is 14.9. The van der Waals surface area contributed by atoms with Gasteiger partial charge in [0.05, 0.1) is 0 Å². The van der Waals surface area contributed by atoms with Gasteiger partial charge in [-0.25, -0.2) is 4.98 Å². The predicted octanol–water partition coefficient (Wildman–Crippen LogP) is 2.64. The van der Waals surface area contributed by atoms with Gasteiger partial charge in [-0.2, -0.15) is 0 Å². The second-order valence-corrected chi connectivity index (χ2v) is 3.64. The van der Waals surface area contributed by atoms with Crippen LogP contribution in [-0.2, 0) is 6.42 Å². The first kappa shape index (κ1) is 9.00. The standard InChI is InChI=1S/C12H14N2/c1-2-12(6-4-3-5-7-12)10-11-13-8-9-14-11/h2-6,8-9H,1,7,10H2,(H,13,14). The van der Waals surface area contributed by atoms with Gasteiger partial charge in [-0.3, -0.25) is 0 Å². The largest absolute Gasteiger partial charge is 0.349 e. The third-order valence-corrected chi connectivity index (χ3v) is 2.63. The Balaban J connectivity index is 2.18. The van der Waals surface area contributed by atoms with E-state index >= 15 is 0 Å². The summed E-state index contributed by atoms with van der Waals surface area (Å²) in [5.74, 6) is 1.02. The van der Waals surface area contributed by atoms with Crippen molar-refractivity contribution < 1.29 is 0 Å². The minimum Gasteiger partial charge on any atom is -0.349 e. The van der Waals surface area contributed by atoms with Crippen molar-refractivity contribution in [1.29, 1.82) is 0 Å². The molecule has 1 unspecified atom stereocenters. The molecule has 0 saturated heterocycles. The van der Waals surface area contributed by atoms with E-state index in [1.165, 1.54) is 0 Å². The molecule has 0 aliphatic heterocycles. The van der Waals surface area contributed by atoms with E-state index in [0.717, 1.165) is 18.7 Å². The molecule has 14 heavy (non-hydrogen) atoms. The van der Waals surface area contributed by atoms with E-state index in [4.69, 9.17) is 0 Å². The third-order valence-electron chi connectivity index (χ3n) is 2.63. The van der Waals surface area contributed by atoms with Crippen molar-refractivity contribution in [3.63, 3.8) is 0 Å². The van der Waals surface area contributed by atoms with Gasteiger partial charge >= 0.3 is 0 Å². The molecule has 0 radical (unpaired) electrons. The van der Waals surface area contributed by atoms with Crippen molar-refractivity contribution in [2.75, 3.05) is 0 Å². The fourth-order valence-electron chi connectivity index (χ4n) is 1.74. The van der Waals surface area contributed by atoms with Crippen LogP contribution in [0.2, 0.25) is 0 Å². The van der Waals surface area contributed by atoms with Gasteiger partial charge in [0.15, 0.2) is 0 Å². The van der Waals surface area contributed by atoms with Crippen LogP contribution in [0.3, 0.4) is 0 Å². The third kappa shape index (κ3) is 1.69. The number of hydrogen-bond acceptors (Lipinski definition) is 1.